The van der Waals surface area contributed by atoms with Crippen LogP contribution in [0.4, 0.5) is 0 Å². The maximum atomic E-state index is 9.87. The predicted molar refractivity (Wildman–Crippen MR) is 76.5 cm³/mol. The second-order valence-corrected chi connectivity index (χ2v) is 4.48. The molecule has 0 heterocycles. The first-order valence-electron chi connectivity index (χ1n) is 5.93. The quantitative estimate of drug-likeness (QED) is 0.866. The Bertz CT molecular complexity index is 573. The van der Waals surface area contributed by atoms with E-state index in [0.717, 1.165) is 10.8 Å². The van der Waals surface area contributed by atoms with E-state index in [1.165, 1.54) is 0 Å². The lowest BCUT2D eigenvalue weighted by Crippen LogP contribution is -2.13. The van der Waals surface area contributed by atoms with Crippen LogP contribution < -0.4 is 15.2 Å². The molecule has 1 rings (SSSR count). The summed E-state index contributed by atoms with van der Waals surface area (Å²) in [6, 6.07) is 8.93. The van der Waals surface area contributed by atoms with Crippen molar-refractivity contribution >= 4 is 13.2 Å². The summed E-state index contributed by atoms with van der Waals surface area (Å²) in [5.74, 6) is 0.826. The van der Waals surface area contributed by atoms with E-state index < -0.39 is 0 Å². The molecule has 0 saturated heterocycles. The van der Waals surface area contributed by atoms with Gasteiger partial charge in [-0.1, -0.05) is 37.4 Å². The molecule has 2 heteroatoms. The zero-order chi connectivity index (χ0) is 13.7. The smallest absolute Gasteiger partial charge is 0.129 e. The lowest BCUT2D eigenvalue weighted by molar-refractivity contribution is 0.239. The molecule has 0 atom stereocenters. The van der Waals surface area contributed by atoms with E-state index >= 15 is 0 Å². The molecule has 0 fully saturated rings. The highest BCUT2D eigenvalue weighted by Gasteiger charge is 2.01. The van der Waals surface area contributed by atoms with Crippen LogP contribution >= 0.6 is 0 Å². The van der Waals surface area contributed by atoms with Crippen molar-refractivity contribution in [3.05, 3.63) is 46.3 Å². The van der Waals surface area contributed by atoms with Gasteiger partial charge in [0, 0.05) is 10.4 Å². The van der Waals surface area contributed by atoms with Crippen molar-refractivity contribution in [2.75, 3.05) is 0 Å². The molecule has 0 aromatic heterocycles. The summed E-state index contributed by atoms with van der Waals surface area (Å²) in [4.78, 5) is 0. The number of hydrogen-bond acceptors (Lipinski definition) is 2. The fourth-order valence-corrected chi connectivity index (χ4v) is 1.53. The van der Waals surface area contributed by atoms with Gasteiger partial charge in [0.15, 0.2) is 0 Å². The summed E-state index contributed by atoms with van der Waals surface area (Å²) in [7, 11) is 0. The van der Waals surface area contributed by atoms with Crippen molar-refractivity contribution in [2.24, 2.45) is 0 Å². The molecule has 2 nitrogen and oxygen atoms in total. The molecule has 0 aliphatic carbocycles. The molecule has 0 amide bonds. The first-order chi connectivity index (χ1) is 8.41. The van der Waals surface area contributed by atoms with Gasteiger partial charge in [0.05, 0.1) is 6.10 Å². The second-order valence-electron chi connectivity index (χ2n) is 4.48. The van der Waals surface area contributed by atoms with Crippen LogP contribution in [0.25, 0.3) is 13.2 Å². The number of aryl methyl sites for hydroxylation is 1. The Morgan fingerprint density at radius 1 is 1.11 bits per heavy atom. The lowest BCUT2D eigenvalue weighted by Gasteiger charge is -2.11. The molecule has 1 aromatic carbocycles. The predicted octanol–water partition coefficient (Wildman–Crippen LogP) is 2.43. The van der Waals surface area contributed by atoms with Crippen LogP contribution in [0.5, 0.6) is 11.5 Å². The van der Waals surface area contributed by atoms with E-state index in [-0.39, 0.29) is 11.9 Å². The number of rotatable bonds is 2. The summed E-state index contributed by atoms with van der Waals surface area (Å²) in [5.41, 5.74) is 0.826. The zero-order valence-electron chi connectivity index (χ0n) is 11.2. The average Bonchev–Trinajstić information content (AvgIpc) is 2.29. The van der Waals surface area contributed by atoms with Crippen LogP contribution in [-0.2, 0) is 0 Å². The number of ether oxygens (including phenoxy) is 1. The molecule has 96 valence electrons. The second kappa shape index (κ2) is 6.10. The molecule has 1 N–H and O–H groups in total. The van der Waals surface area contributed by atoms with Crippen LogP contribution in [0.15, 0.2) is 30.3 Å². The van der Waals surface area contributed by atoms with Gasteiger partial charge in [-0.2, -0.15) is 0 Å². The van der Waals surface area contributed by atoms with E-state index in [1.807, 2.05) is 39.0 Å². The van der Waals surface area contributed by atoms with Gasteiger partial charge in [-0.3, -0.25) is 0 Å². The van der Waals surface area contributed by atoms with Gasteiger partial charge in [0.1, 0.15) is 11.5 Å². The Morgan fingerprint density at radius 3 is 2.22 bits per heavy atom. The minimum atomic E-state index is 0.0531. The van der Waals surface area contributed by atoms with Gasteiger partial charge in [-0.25, -0.2) is 0 Å². The molecule has 0 spiro atoms. The van der Waals surface area contributed by atoms with Crippen LogP contribution in [-0.4, -0.2) is 11.2 Å². The van der Waals surface area contributed by atoms with Gasteiger partial charge >= 0.3 is 0 Å². The third kappa shape index (κ3) is 3.81. The van der Waals surface area contributed by atoms with Crippen molar-refractivity contribution < 1.29 is 9.84 Å². The Hall–Kier alpha value is -1.96. The van der Waals surface area contributed by atoms with Gasteiger partial charge in [0.2, 0.25) is 0 Å². The first-order valence-corrected chi connectivity index (χ1v) is 5.93. The van der Waals surface area contributed by atoms with Crippen molar-refractivity contribution in [1.29, 1.82) is 0 Å². The maximum Gasteiger partial charge on any atom is 0.129 e. The SMILES string of the molecule is C=c1ccccc(=C)c(OC(C)C)c(C)cc1O. The number of hydrogen-bond donors (Lipinski definition) is 1. The molecule has 0 aliphatic heterocycles. The molecule has 0 saturated carbocycles. The minimum absolute atomic E-state index is 0.0531. The number of aromatic hydroxyl groups is 1. The summed E-state index contributed by atoms with van der Waals surface area (Å²) in [5, 5.41) is 11.2. The van der Waals surface area contributed by atoms with E-state index in [4.69, 9.17) is 4.74 Å². The topological polar surface area (TPSA) is 29.5 Å². The van der Waals surface area contributed by atoms with E-state index in [1.54, 1.807) is 12.1 Å². The minimum Gasteiger partial charge on any atom is -0.507 e. The molecule has 0 bridgehead atoms. The van der Waals surface area contributed by atoms with Crippen LogP contribution in [0.1, 0.15) is 19.4 Å². The maximum absolute atomic E-state index is 9.87. The molecule has 0 aliphatic rings. The fraction of sp³-hybridized carbons (Fsp3) is 0.250. The van der Waals surface area contributed by atoms with Crippen molar-refractivity contribution in [3.63, 3.8) is 0 Å². The van der Waals surface area contributed by atoms with Crippen molar-refractivity contribution in [2.45, 2.75) is 26.9 Å². The standard InChI is InChI=1S/C16H20O2/c1-11(2)18-16-13(4)9-7-6-8-12(3)15(17)10-14(16)5/h6-11,17H,3-4H2,1-2,5H3. The molecular formula is C16H20O2. The summed E-state index contributed by atoms with van der Waals surface area (Å²) >= 11 is 0. The molecule has 1 aromatic rings. The average molecular weight is 244 g/mol. The Kier molecular flexibility index (Phi) is 4.78. The van der Waals surface area contributed by atoms with Gasteiger partial charge in [-0.15, -0.1) is 0 Å². The largest absolute Gasteiger partial charge is 0.507 e. The monoisotopic (exact) mass is 244 g/mol. The first kappa shape index (κ1) is 14.1. The van der Waals surface area contributed by atoms with Gasteiger partial charge in [-0.05, 0) is 32.4 Å². The Labute approximate surface area is 108 Å². The summed E-state index contributed by atoms with van der Waals surface area (Å²) in [6.07, 6.45) is 0.0531. The normalized spacial score (nSPS) is 10.0. The Morgan fingerprint density at radius 2 is 1.67 bits per heavy atom. The van der Waals surface area contributed by atoms with Crippen molar-refractivity contribution in [3.8, 4) is 11.5 Å². The van der Waals surface area contributed by atoms with E-state index in [2.05, 4.69) is 13.2 Å². The highest BCUT2D eigenvalue weighted by molar-refractivity contribution is 5.37. The van der Waals surface area contributed by atoms with Crippen LogP contribution in [0.2, 0.25) is 0 Å². The van der Waals surface area contributed by atoms with Gasteiger partial charge < -0.3 is 9.84 Å². The molecule has 0 radical (unpaired) electrons. The van der Waals surface area contributed by atoms with Crippen LogP contribution in [0.3, 0.4) is 0 Å². The summed E-state index contributed by atoms with van der Waals surface area (Å²) < 4.78 is 5.75. The third-order valence-corrected chi connectivity index (χ3v) is 2.39. The summed E-state index contributed by atoms with van der Waals surface area (Å²) in [6.45, 7) is 13.6. The Balaban J connectivity index is 3.65. The molecular weight excluding hydrogens is 224 g/mol. The molecule has 18 heavy (non-hydrogen) atoms. The van der Waals surface area contributed by atoms with E-state index in [0.29, 0.717) is 11.0 Å². The van der Waals surface area contributed by atoms with Gasteiger partial charge in [0.25, 0.3) is 0 Å². The van der Waals surface area contributed by atoms with E-state index in [9.17, 15) is 5.11 Å². The lowest BCUT2D eigenvalue weighted by atomic mass is 10.2. The molecule has 0 unspecified atom stereocenters. The highest BCUT2D eigenvalue weighted by Crippen LogP contribution is 2.13. The van der Waals surface area contributed by atoms with Crippen molar-refractivity contribution in [1.82, 2.24) is 0 Å². The van der Waals surface area contributed by atoms with Crippen LogP contribution in [0, 0.1) is 6.92 Å². The highest BCUT2D eigenvalue weighted by atomic mass is 16.5. The third-order valence-electron chi connectivity index (χ3n) is 2.39. The zero-order valence-corrected chi connectivity index (χ0v) is 11.2. The fourth-order valence-electron chi connectivity index (χ4n) is 1.53.